The highest BCUT2D eigenvalue weighted by Crippen LogP contribution is 2.36. The van der Waals surface area contributed by atoms with Gasteiger partial charge in [-0.2, -0.15) is 0 Å². The second-order valence-electron chi connectivity index (χ2n) is 8.75. The molecule has 0 aliphatic carbocycles. The van der Waals surface area contributed by atoms with Crippen molar-refractivity contribution < 1.29 is 14.3 Å². The molecule has 6 rings (SSSR count). The molecular formula is C24H23N5O4S. The van der Waals surface area contributed by atoms with Crippen LogP contribution in [0.4, 0.5) is 16.2 Å². The van der Waals surface area contributed by atoms with Crippen molar-refractivity contribution in [3.05, 3.63) is 58.5 Å². The monoisotopic (exact) mass is 477 g/mol. The van der Waals surface area contributed by atoms with Gasteiger partial charge in [0.05, 0.1) is 35.2 Å². The van der Waals surface area contributed by atoms with Crippen LogP contribution in [0.15, 0.2) is 52.3 Å². The molecule has 3 aliphatic heterocycles. The molecule has 10 heteroatoms. The summed E-state index contributed by atoms with van der Waals surface area (Å²) < 4.78 is 7.39. The fourth-order valence-corrected chi connectivity index (χ4v) is 5.71. The normalized spacial score (nSPS) is 21.0. The van der Waals surface area contributed by atoms with Gasteiger partial charge in [0, 0.05) is 29.6 Å². The van der Waals surface area contributed by atoms with Gasteiger partial charge < -0.3 is 19.9 Å². The summed E-state index contributed by atoms with van der Waals surface area (Å²) in [5.41, 5.74) is 4.31. The van der Waals surface area contributed by atoms with Gasteiger partial charge in [-0.25, -0.2) is 9.78 Å². The first-order valence-corrected chi connectivity index (χ1v) is 12.3. The molecule has 2 amide bonds. The Bertz CT molecular complexity index is 1370. The van der Waals surface area contributed by atoms with Crippen LogP contribution in [0, 0.1) is 0 Å². The average Bonchev–Trinajstić information content (AvgIpc) is 3.40. The minimum atomic E-state index is -0.371. The second-order valence-corrected chi connectivity index (χ2v) is 9.76. The van der Waals surface area contributed by atoms with Crippen LogP contribution in [0.1, 0.15) is 17.9 Å². The number of thioether (sulfide) groups is 1. The van der Waals surface area contributed by atoms with E-state index in [0.29, 0.717) is 31.8 Å². The van der Waals surface area contributed by atoms with Gasteiger partial charge in [0.25, 0.3) is 5.56 Å². The number of nitrogens with one attached hydrogen (secondary N) is 2. The molecule has 174 valence electrons. The number of ether oxygens (including phenoxy) is 1. The summed E-state index contributed by atoms with van der Waals surface area (Å²) in [5.74, 6) is 0.570. The van der Waals surface area contributed by atoms with Gasteiger partial charge in [0.2, 0.25) is 5.91 Å². The number of nitrogens with zero attached hydrogens (tertiary/aromatic N) is 3. The van der Waals surface area contributed by atoms with Crippen molar-refractivity contribution in [1.29, 1.82) is 0 Å². The summed E-state index contributed by atoms with van der Waals surface area (Å²) in [6.45, 7) is 2.53. The second kappa shape index (κ2) is 8.44. The van der Waals surface area contributed by atoms with Crippen LogP contribution in [0.2, 0.25) is 0 Å². The summed E-state index contributed by atoms with van der Waals surface area (Å²) in [6.07, 6.45) is 1.49. The Morgan fingerprint density at radius 2 is 2.09 bits per heavy atom. The van der Waals surface area contributed by atoms with E-state index in [1.165, 1.54) is 18.0 Å². The highest BCUT2D eigenvalue weighted by molar-refractivity contribution is 8.00. The number of cyclic esters (lactones) is 1. The molecule has 0 bridgehead atoms. The molecule has 0 radical (unpaired) electrons. The van der Waals surface area contributed by atoms with Gasteiger partial charge in [-0.05, 0) is 42.8 Å². The summed E-state index contributed by atoms with van der Waals surface area (Å²) in [4.78, 5) is 43.3. The predicted molar refractivity (Wildman–Crippen MR) is 130 cm³/mol. The third-order valence-electron chi connectivity index (χ3n) is 6.55. The lowest BCUT2D eigenvalue weighted by Gasteiger charge is -2.20. The molecule has 1 saturated heterocycles. The molecule has 0 spiro atoms. The number of hydrogen-bond acceptors (Lipinski definition) is 7. The largest absolute Gasteiger partial charge is 0.444 e. The molecule has 0 unspecified atom stereocenters. The van der Waals surface area contributed by atoms with Gasteiger partial charge >= 0.3 is 6.09 Å². The molecule has 34 heavy (non-hydrogen) atoms. The Hall–Kier alpha value is -3.37. The topological polar surface area (TPSA) is 106 Å². The molecule has 1 fully saturated rings. The number of carbonyl (C=O) groups excluding carboxylic acids is 2. The van der Waals surface area contributed by atoms with E-state index in [4.69, 9.17) is 4.74 Å². The maximum atomic E-state index is 12.5. The van der Waals surface area contributed by atoms with Crippen molar-refractivity contribution in [3.8, 4) is 0 Å². The predicted octanol–water partition coefficient (Wildman–Crippen LogP) is 2.54. The smallest absolute Gasteiger partial charge is 0.414 e. The number of fused-ring (bicyclic) bond motifs is 1. The van der Waals surface area contributed by atoms with Gasteiger partial charge in [-0.15, -0.1) is 11.8 Å². The van der Waals surface area contributed by atoms with E-state index in [0.717, 1.165) is 39.4 Å². The minimum Gasteiger partial charge on any atom is -0.444 e. The van der Waals surface area contributed by atoms with Crippen LogP contribution in [0.25, 0.3) is 11.0 Å². The maximum Gasteiger partial charge on any atom is 0.414 e. The molecule has 2 N–H and O–H groups in total. The van der Waals surface area contributed by atoms with Crippen molar-refractivity contribution in [2.24, 2.45) is 0 Å². The highest BCUT2D eigenvalue weighted by Gasteiger charge is 2.33. The van der Waals surface area contributed by atoms with Crippen molar-refractivity contribution in [3.63, 3.8) is 0 Å². The Morgan fingerprint density at radius 1 is 1.18 bits per heavy atom. The van der Waals surface area contributed by atoms with Crippen LogP contribution < -0.4 is 21.1 Å². The first kappa shape index (κ1) is 21.2. The van der Waals surface area contributed by atoms with E-state index >= 15 is 0 Å². The van der Waals surface area contributed by atoms with Crippen molar-refractivity contribution in [2.75, 3.05) is 35.6 Å². The maximum absolute atomic E-state index is 12.5. The first-order valence-electron chi connectivity index (χ1n) is 11.3. The molecule has 2 aromatic carbocycles. The lowest BCUT2D eigenvalue weighted by atomic mass is 10.0. The number of anilines is 2. The Morgan fingerprint density at radius 3 is 3.00 bits per heavy atom. The van der Waals surface area contributed by atoms with Crippen LogP contribution in [0.3, 0.4) is 0 Å². The van der Waals surface area contributed by atoms with Crippen molar-refractivity contribution >= 4 is 46.2 Å². The zero-order valence-electron chi connectivity index (χ0n) is 18.3. The van der Waals surface area contributed by atoms with Crippen LogP contribution in [-0.2, 0) is 16.1 Å². The Kier molecular flexibility index (Phi) is 5.26. The number of benzene rings is 2. The van der Waals surface area contributed by atoms with Gasteiger partial charge in [-0.1, -0.05) is 12.1 Å². The van der Waals surface area contributed by atoms with Crippen molar-refractivity contribution in [2.45, 2.75) is 29.9 Å². The van der Waals surface area contributed by atoms with E-state index in [9.17, 15) is 14.4 Å². The lowest BCUT2D eigenvalue weighted by Crippen LogP contribution is -2.28. The zero-order valence-corrected chi connectivity index (χ0v) is 19.1. The number of rotatable bonds is 6. The van der Waals surface area contributed by atoms with Crippen molar-refractivity contribution in [1.82, 2.24) is 14.9 Å². The lowest BCUT2D eigenvalue weighted by molar-refractivity contribution is -0.113. The molecule has 3 aliphatic rings. The number of aromatic nitrogens is 2. The minimum absolute atomic E-state index is 0.0367. The molecule has 3 aromatic rings. The standard InChI is InChI=1S/C24H23N5O4S/c30-21-13-34-20-5-4-15(8-19(20)27-21)28-12-16(33-24(28)32)6-7-25-9-14-11-29-22(31)10-26-18-3-1-2-17(14)23(18)29/h1-5,8,10,14,16,25H,6-7,9,11-13H2,(H,27,30)/t14-,16+/m1/s1. The molecule has 0 saturated carbocycles. The first-order chi connectivity index (χ1) is 16.6. The fraction of sp³-hybridized carbons (Fsp3) is 0.333. The fourth-order valence-electron chi connectivity index (χ4n) is 4.92. The third kappa shape index (κ3) is 3.72. The van der Waals surface area contributed by atoms with Gasteiger partial charge in [0.15, 0.2) is 0 Å². The van der Waals surface area contributed by atoms with E-state index in [1.54, 1.807) is 9.47 Å². The van der Waals surface area contributed by atoms with E-state index in [-0.39, 0.29) is 29.6 Å². The van der Waals surface area contributed by atoms with E-state index in [2.05, 4.69) is 21.7 Å². The Balaban J connectivity index is 1.05. The quantitative estimate of drug-likeness (QED) is 0.526. The summed E-state index contributed by atoms with van der Waals surface area (Å²) in [6, 6.07) is 11.6. The molecule has 2 atom stereocenters. The summed E-state index contributed by atoms with van der Waals surface area (Å²) in [7, 11) is 0. The number of para-hydroxylation sites is 1. The average molecular weight is 478 g/mol. The van der Waals surface area contributed by atoms with Crippen LogP contribution in [-0.4, -0.2) is 53.0 Å². The Labute approximate surface area is 199 Å². The number of amides is 2. The van der Waals surface area contributed by atoms with Gasteiger partial charge in [0.1, 0.15) is 6.10 Å². The van der Waals surface area contributed by atoms with Crippen LogP contribution >= 0.6 is 11.8 Å². The van der Waals surface area contributed by atoms with Crippen LogP contribution in [0.5, 0.6) is 0 Å². The molecule has 9 nitrogen and oxygen atoms in total. The molecule has 1 aromatic heterocycles. The number of hydrogen-bond donors (Lipinski definition) is 2. The van der Waals surface area contributed by atoms with Gasteiger partial charge in [-0.3, -0.25) is 14.5 Å². The molecule has 4 heterocycles. The SMILES string of the molecule is O=C1CSc2ccc(N3C[C@H](CCNC[C@@H]4Cn5c(=O)cnc6cccc4c65)OC3=O)cc2N1. The highest BCUT2D eigenvalue weighted by atomic mass is 32.2. The zero-order chi connectivity index (χ0) is 23.2. The summed E-state index contributed by atoms with van der Waals surface area (Å²) >= 11 is 1.49. The van der Waals surface area contributed by atoms with E-state index in [1.807, 2.05) is 30.3 Å². The number of carbonyl (C=O) groups is 2. The third-order valence-corrected chi connectivity index (χ3v) is 7.63. The summed E-state index contributed by atoms with van der Waals surface area (Å²) in [5, 5.41) is 6.33. The molecular weight excluding hydrogens is 454 g/mol. The van der Waals surface area contributed by atoms with E-state index < -0.39 is 0 Å².